The van der Waals surface area contributed by atoms with Crippen molar-refractivity contribution < 1.29 is 38.8 Å². The van der Waals surface area contributed by atoms with Gasteiger partial charge in [0.1, 0.15) is 11.9 Å². The monoisotopic (exact) mass is 541 g/mol. The molecule has 2 aromatic heterocycles. The first kappa shape index (κ1) is 26.9. The van der Waals surface area contributed by atoms with Crippen molar-refractivity contribution in [1.82, 2.24) is 15.2 Å². The van der Waals surface area contributed by atoms with E-state index in [2.05, 4.69) is 10.3 Å². The summed E-state index contributed by atoms with van der Waals surface area (Å²) in [4.78, 5) is 42.9. The van der Waals surface area contributed by atoms with Crippen LogP contribution >= 0.6 is 11.3 Å². The fourth-order valence-electron chi connectivity index (χ4n) is 3.91. The van der Waals surface area contributed by atoms with Crippen LogP contribution in [0.4, 0.5) is 0 Å². The van der Waals surface area contributed by atoms with Crippen molar-refractivity contribution in [2.24, 2.45) is 0 Å². The molecule has 3 N–H and O–H groups in total. The van der Waals surface area contributed by atoms with Crippen molar-refractivity contribution >= 4 is 29.2 Å². The number of thiophene rings is 1. The lowest BCUT2D eigenvalue weighted by Gasteiger charge is -2.26. The summed E-state index contributed by atoms with van der Waals surface area (Å²) in [5.41, 5.74) is 1.70. The molecule has 1 aromatic carbocycles. The van der Waals surface area contributed by atoms with Gasteiger partial charge in [-0.3, -0.25) is 9.78 Å². The number of benzene rings is 1. The molecule has 12 heteroatoms. The number of aromatic nitrogens is 1. The first-order valence-electron chi connectivity index (χ1n) is 11.8. The van der Waals surface area contributed by atoms with E-state index in [1.165, 1.54) is 28.3 Å². The van der Waals surface area contributed by atoms with Crippen LogP contribution in [0.2, 0.25) is 0 Å². The average Bonchev–Trinajstić information content (AvgIpc) is 3.35. The lowest BCUT2D eigenvalue weighted by Crippen LogP contribution is -2.32. The van der Waals surface area contributed by atoms with Gasteiger partial charge in [-0.25, -0.2) is 9.59 Å². The summed E-state index contributed by atoms with van der Waals surface area (Å²) in [7, 11) is 1.69. The Kier molecular flexibility index (Phi) is 8.77. The summed E-state index contributed by atoms with van der Waals surface area (Å²) in [6.45, 7) is 0.497. The lowest BCUT2D eigenvalue weighted by atomic mass is 10.1. The zero-order valence-electron chi connectivity index (χ0n) is 20.6. The van der Waals surface area contributed by atoms with Gasteiger partial charge in [0.2, 0.25) is 0 Å². The highest BCUT2D eigenvalue weighted by Gasteiger charge is 2.25. The van der Waals surface area contributed by atoms with Gasteiger partial charge in [-0.2, -0.15) is 0 Å². The normalized spacial score (nSPS) is 13.2. The van der Waals surface area contributed by atoms with E-state index < -0.39 is 31.3 Å². The highest BCUT2D eigenvalue weighted by molar-refractivity contribution is 7.14. The Morgan fingerprint density at radius 2 is 1.87 bits per heavy atom. The number of carboxylic acid groups (broad SMARTS) is 2. The molecule has 0 spiro atoms. The fourth-order valence-corrected chi connectivity index (χ4v) is 5.08. The summed E-state index contributed by atoms with van der Waals surface area (Å²) in [5.74, 6) is -1.97. The Morgan fingerprint density at radius 3 is 2.55 bits per heavy atom. The number of carbonyl (C=O) groups is 3. The van der Waals surface area contributed by atoms with Gasteiger partial charge in [-0.15, -0.1) is 11.3 Å². The molecule has 3 aromatic rings. The van der Waals surface area contributed by atoms with Gasteiger partial charge in [0, 0.05) is 31.2 Å². The van der Waals surface area contributed by atoms with Crippen molar-refractivity contribution in [1.29, 1.82) is 0 Å². The van der Waals surface area contributed by atoms with Crippen LogP contribution in [0.1, 0.15) is 31.8 Å². The Bertz CT molecular complexity index is 1270. The standard InChI is InChI=1S/C26H27N3O8S/c1-29(26(34)23-10-17-11-28-8-6-22(17)38-23)13-21(37-18-3-2-7-27-12-18)16-4-5-19(35-14-24(30)31)20(9-16)36-15-25(32)33/h2-5,7,9-10,12,21,28H,6,8,11,13-15H2,1H3,(H,30,31)(H,32,33). The Morgan fingerprint density at radius 1 is 1.11 bits per heavy atom. The number of ether oxygens (including phenoxy) is 3. The average molecular weight is 542 g/mol. The number of rotatable bonds is 12. The maximum atomic E-state index is 13.3. The molecular weight excluding hydrogens is 514 g/mol. The zero-order chi connectivity index (χ0) is 27.1. The fraction of sp³-hybridized carbons (Fsp3) is 0.308. The molecule has 0 saturated heterocycles. The van der Waals surface area contributed by atoms with Gasteiger partial charge in [-0.1, -0.05) is 6.07 Å². The number of carbonyl (C=O) groups excluding carboxylic acids is 1. The molecule has 1 aliphatic heterocycles. The Hall–Kier alpha value is -4.16. The van der Waals surface area contributed by atoms with Gasteiger partial charge in [0.05, 0.1) is 17.6 Å². The van der Waals surface area contributed by atoms with Crippen molar-refractivity contribution in [2.75, 3.05) is 33.4 Å². The molecule has 1 unspecified atom stereocenters. The third-order valence-corrected chi connectivity index (χ3v) is 6.92. The van der Waals surface area contributed by atoms with Gasteiger partial charge in [0.25, 0.3) is 5.91 Å². The van der Waals surface area contributed by atoms with E-state index in [9.17, 15) is 14.4 Å². The van der Waals surface area contributed by atoms with Crippen molar-refractivity contribution in [3.05, 3.63) is 69.7 Å². The Balaban J connectivity index is 1.60. The van der Waals surface area contributed by atoms with Crippen molar-refractivity contribution in [3.63, 3.8) is 0 Å². The van der Waals surface area contributed by atoms with Crippen LogP contribution in [0.25, 0.3) is 0 Å². The summed E-state index contributed by atoms with van der Waals surface area (Å²) in [6, 6.07) is 10.0. The molecular formula is C26H27N3O8S. The van der Waals surface area contributed by atoms with Crippen LogP contribution in [-0.4, -0.2) is 71.3 Å². The summed E-state index contributed by atoms with van der Waals surface area (Å²) in [6.07, 6.45) is 3.35. The van der Waals surface area contributed by atoms with Crippen LogP contribution < -0.4 is 19.5 Å². The minimum atomic E-state index is -1.21. The molecule has 0 radical (unpaired) electrons. The first-order chi connectivity index (χ1) is 18.3. The quantitative estimate of drug-likeness (QED) is 0.313. The number of nitrogens with one attached hydrogen (secondary N) is 1. The molecule has 0 saturated carbocycles. The Labute approximate surface area is 222 Å². The van der Waals surface area contributed by atoms with Gasteiger partial charge in [0.15, 0.2) is 24.7 Å². The molecule has 200 valence electrons. The molecule has 11 nitrogen and oxygen atoms in total. The summed E-state index contributed by atoms with van der Waals surface area (Å²) < 4.78 is 16.8. The number of likely N-dealkylation sites (N-methyl/N-ethyl adjacent to an activating group) is 1. The SMILES string of the molecule is CN(CC(Oc1cccnc1)c1ccc(OCC(=O)O)c(OCC(=O)O)c1)C(=O)c1cc2c(s1)CCNC2. The van der Waals surface area contributed by atoms with Crippen LogP contribution in [-0.2, 0) is 22.6 Å². The largest absolute Gasteiger partial charge is 0.482 e. The van der Waals surface area contributed by atoms with Crippen LogP contribution in [0.5, 0.6) is 17.2 Å². The second kappa shape index (κ2) is 12.4. The number of aliphatic carboxylic acids is 2. The highest BCUT2D eigenvalue weighted by Crippen LogP contribution is 2.33. The van der Waals surface area contributed by atoms with E-state index in [1.54, 1.807) is 42.5 Å². The lowest BCUT2D eigenvalue weighted by molar-refractivity contribution is -0.140. The predicted octanol–water partition coefficient (Wildman–Crippen LogP) is 2.61. The second-order valence-corrected chi connectivity index (χ2v) is 9.67. The van der Waals surface area contributed by atoms with Crippen LogP contribution in [0.3, 0.4) is 0 Å². The van der Waals surface area contributed by atoms with E-state index in [0.29, 0.717) is 16.2 Å². The van der Waals surface area contributed by atoms with Gasteiger partial charge < -0.3 is 34.6 Å². The van der Waals surface area contributed by atoms with Crippen molar-refractivity contribution in [2.45, 2.75) is 19.1 Å². The molecule has 1 aliphatic rings. The third-order valence-electron chi connectivity index (χ3n) is 5.69. The maximum absolute atomic E-state index is 13.3. The number of amides is 1. The van der Waals surface area contributed by atoms with E-state index >= 15 is 0 Å². The minimum Gasteiger partial charge on any atom is -0.482 e. The number of pyridine rings is 1. The van der Waals surface area contributed by atoms with Crippen LogP contribution in [0.15, 0.2) is 48.8 Å². The van der Waals surface area contributed by atoms with Gasteiger partial charge in [-0.05, 0) is 47.9 Å². The molecule has 0 bridgehead atoms. The number of carboxylic acids is 2. The van der Waals surface area contributed by atoms with E-state index in [4.69, 9.17) is 24.4 Å². The molecule has 0 fully saturated rings. The minimum absolute atomic E-state index is 0.0401. The molecule has 0 aliphatic carbocycles. The molecule has 4 rings (SSSR count). The predicted molar refractivity (Wildman–Crippen MR) is 137 cm³/mol. The topological polar surface area (TPSA) is 148 Å². The number of hydrogen-bond acceptors (Lipinski definition) is 9. The maximum Gasteiger partial charge on any atom is 0.341 e. The molecule has 1 atom stereocenters. The van der Waals surface area contributed by atoms with Crippen molar-refractivity contribution in [3.8, 4) is 17.2 Å². The van der Waals surface area contributed by atoms with E-state index in [-0.39, 0.29) is 24.0 Å². The summed E-state index contributed by atoms with van der Waals surface area (Å²) >= 11 is 1.50. The van der Waals surface area contributed by atoms with Crippen LogP contribution in [0, 0.1) is 0 Å². The molecule has 3 heterocycles. The van der Waals surface area contributed by atoms with Gasteiger partial charge >= 0.3 is 11.9 Å². The smallest absolute Gasteiger partial charge is 0.341 e. The third kappa shape index (κ3) is 6.99. The van der Waals surface area contributed by atoms with E-state index in [1.807, 2.05) is 6.07 Å². The summed E-state index contributed by atoms with van der Waals surface area (Å²) in [5, 5.41) is 21.3. The number of fused-ring (bicyclic) bond motifs is 1. The number of hydrogen-bond donors (Lipinski definition) is 3. The zero-order valence-corrected chi connectivity index (χ0v) is 21.4. The molecule has 1 amide bonds. The second-order valence-electron chi connectivity index (χ2n) is 8.54. The highest BCUT2D eigenvalue weighted by atomic mass is 32.1. The first-order valence-corrected chi connectivity index (χ1v) is 12.6. The van der Waals surface area contributed by atoms with E-state index in [0.717, 1.165) is 25.1 Å². The molecule has 38 heavy (non-hydrogen) atoms. The number of nitrogens with zero attached hydrogens (tertiary/aromatic N) is 2.